The van der Waals surface area contributed by atoms with Gasteiger partial charge in [-0.25, -0.2) is 4.79 Å². The molecule has 0 aromatic heterocycles. The van der Waals surface area contributed by atoms with E-state index in [1.165, 1.54) is 12.0 Å². The zero-order valence-corrected chi connectivity index (χ0v) is 15.4. The van der Waals surface area contributed by atoms with Crippen LogP contribution in [0.3, 0.4) is 0 Å². The highest BCUT2D eigenvalue weighted by Gasteiger charge is 2.37. The summed E-state index contributed by atoms with van der Waals surface area (Å²) in [5.74, 6) is -0.776. The van der Waals surface area contributed by atoms with Crippen molar-refractivity contribution in [2.75, 3.05) is 12.0 Å². The molecule has 0 saturated heterocycles. The Morgan fingerprint density at radius 1 is 1.08 bits per heavy atom. The maximum atomic E-state index is 13.1. The molecule has 25 heavy (non-hydrogen) atoms. The van der Waals surface area contributed by atoms with Crippen LogP contribution in [0.15, 0.2) is 75.9 Å². The summed E-state index contributed by atoms with van der Waals surface area (Å²) < 4.78 is 5.75. The number of hydrogen-bond donors (Lipinski definition) is 0. The lowest BCUT2D eigenvalue weighted by Gasteiger charge is -2.17. The largest absolute Gasteiger partial charge is 0.465 e. The van der Waals surface area contributed by atoms with E-state index >= 15 is 0 Å². The van der Waals surface area contributed by atoms with Gasteiger partial charge < -0.3 is 4.74 Å². The van der Waals surface area contributed by atoms with E-state index in [2.05, 4.69) is 15.9 Å². The molecule has 2 aromatic carbocycles. The van der Waals surface area contributed by atoms with E-state index in [9.17, 15) is 9.59 Å². The monoisotopic (exact) mass is 397 g/mol. The number of anilines is 1. The van der Waals surface area contributed by atoms with E-state index < -0.39 is 5.97 Å². The van der Waals surface area contributed by atoms with Crippen LogP contribution in [-0.2, 0) is 14.3 Å². The number of carbonyl (C=O) groups is 2. The van der Waals surface area contributed by atoms with Gasteiger partial charge in [-0.3, -0.25) is 9.69 Å². The molecule has 0 fully saturated rings. The number of para-hydroxylation sites is 1. The van der Waals surface area contributed by atoms with Gasteiger partial charge in [0.2, 0.25) is 0 Å². The zero-order chi connectivity index (χ0) is 18.0. The van der Waals surface area contributed by atoms with Crippen LogP contribution in [0.1, 0.15) is 12.5 Å². The second kappa shape index (κ2) is 7.07. The average Bonchev–Trinajstić information content (AvgIpc) is 2.87. The summed E-state index contributed by atoms with van der Waals surface area (Å²) in [4.78, 5) is 26.9. The van der Waals surface area contributed by atoms with E-state index in [0.29, 0.717) is 17.0 Å². The first-order chi connectivity index (χ1) is 12.0. The van der Waals surface area contributed by atoms with E-state index in [4.69, 9.17) is 4.74 Å². The lowest BCUT2D eigenvalue weighted by atomic mass is 10.0. The molecule has 0 bridgehead atoms. The van der Waals surface area contributed by atoms with Gasteiger partial charge in [0.05, 0.1) is 18.3 Å². The zero-order valence-electron chi connectivity index (χ0n) is 13.8. The lowest BCUT2D eigenvalue weighted by Crippen LogP contribution is -2.24. The number of nitrogens with zero attached hydrogens (tertiary/aromatic N) is 1. The Balaban J connectivity index is 2.17. The van der Waals surface area contributed by atoms with Crippen molar-refractivity contribution in [1.29, 1.82) is 0 Å². The third-order valence-corrected chi connectivity index (χ3v) is 4.73. The van der Waals surface area contributed by atoms with Crippen molar-refractivity contribution in [3.8, 4) is 0 Å². The van der Waals surface area contributed by atoms with Gasteiger partial charge in [-0.15, -0.1) is 0 Å². The molecule has 0 saturated carbocycles. The van der Waals surface area contributed by atoms with Crippen molar-refractivity contribution in [3.63, 3.8) is 0 Å². The summed E-state index contributed by atoms with van der Waals surface area (Å²) >= 11 is 3.47. The van der Waals surface area contributed by atoms with Crippen molar-refractivity contribution < 1.29 is 14.3 Å². The SMILES string of the molecule is COC(=O)C1=C(C)N(c2ccccc2)C(=O)/C1=C\c1ccccc1Br. The Hall–Kier alpha value is -2.66. The first-order valence-electron chi connectivity index (χ1n) is 7.70. The number of benzene rings is 2. The standard InChI is InChI=1S/C20H16BrNO3/c1-13-18(20(24)25-2)16(12-14-8-6-7-11-17(14)21)19(23)22(13)15-9-4-3-5-10-15/h3-12H,1-2H3/b16-12-. The molecule has 0 atom stereocenters. The second-order valence-corrected chi connectivity index (χ2v) is 6.36. The Labute approximate surface area is 154 Å². The molecule has 0 unspecified atom stereocenters. The summed E-state index contributed by atoms with van der Waals surface area (Å²) in [5, 5.41) is 0. The molecule has 0 spiro atoms. The van der Waals surface area contributed by atoms with Gasteiger partial charge in [0.25, 0.3) is 5.91 Å². The topological polar surface area (TPSA) is 46.6 Å². The normalized spacial score (nSPS) is 15.9. The lowest BCUT2D eigenvalue weighted by molar-refractivity contribution is -0.136. The second-order valence-electron chi connectivity index (χ2n) is 5.51. The van der Waals surface area contributed by atoms with Gasteiger partial charge in [0, 0.05) is 15.9 Å². The number of hydrogen-bond acceptors (Lipinski definition) is 3. The number of ether oxygens (including phenoxy) is 1. The highest BCUT2D eigenvalue weighted by atomic mass is 79.9. The van der Waals surface area contributed by atoms with E-state index in [1.807, 2.05) is 54.6 Å². The third kappa shape index (κ3) is 3.15. The predicted molar refractivity (Wildman–Crippen MR) is 101 cm³/mol. The smallest absolute Gasteiger partial charge is 0.340 e. The highest BCUT2D eigenvalue weighted by Crippen LogP contribution is 2.35. The molecule has 4 nitrogen and oxygen atoms in total. The summed E-state index contributed by atoms with van der Waals surface area (Å²) in [6.07, 6.45) is 1.71. The molecule has 0 N–H and O–H groups in total. The molecule has 0 radical (unpaired) electrons. The fourth-order valence-electron chi connectivity index (χ4n) is 2.82. The van der Waals surface area contributed by atoms with Gasteiger partial charge in [-0.05, 0) is 36.8 Å². The number of halogens is 1. The van der Waals surface area contributed by atoms with Crippen LogP contribution in [0.4, 0.5) is 5.69 Å². The van der Waals surface area contributed by atoms with Gasteiger partial charge in [0.15, 0.2) is 0 Å². The molecule has 5 heteroatoms. The summed E-state index contributed by atoms with van der Waals surface area (Å²) in [6, 6.07) is 16.8. The molecule has 1 aliphatic rings. The van der Waals surface area contributed by atoms with Crippen LogP contribution in [0, 0.1) is 0 Å². The molecular weight excluding hydrogens is 382 g/mol. The summed E-state index contributed by atoms with van der Waals surface area (Å²) in [6.45, 7) is 1.75. The number of rotatable bonds is 3. The maximum absolute atomic E-state index is 13.1. The minimum Gasteiger partial charge on any atom is -0.465 e. The average molecular weight is 398 g/mol. The van der Waals surface area contributed by atoms with Gasteiger partial charge in [-0.1, -0.05) is 52.3 Å². The molecule has 1 aliphatic heterocycles. The highest BCUT2D eigenvalue weighted by molar-refractivity contribution is 9.10. The van der Waals surface area contributed by atoms with Crippen LogP contribution in [-0.4, -0.2) is 19.0 Å². The van der Waals surface area contributed by atoms with Gasteiger partial charge >= 0.3 is 5.97 Å². The summed E-state index contributed by atoms with van der Waals surface area (Å²) in [5.41, 5.74) is 2.69. The molecule has 1 amide bonds. The van der Waals surface area contributed by atoms with Crippen molar-refractivity contribution in [3.05, 3.63) is 81.5 Å². The minimum atomic E-state index is -0.525. The van der Waals surface area contributed by atoms with Crippen LogP contribution in [0.25, 0.3) is 6.08 Å². The molecule has 2 aromatic rings. The molecule has 126 valence electrons. The van der Waals surface area contributed by atoms with Crippen LogP contribution >= 0.6 is 15.9 Å². The van der Waals surface area contributed by atoms with Crippen molar-refractivity contribution >= 4 is 39.6 Å². The number of esters is 1. The van der Waals surface area contributed by atoms with Crippen molar-refractivity contribution in [1.82, 2.24) is 0 Å². The Morgan fingerprint density at radius 2 is 1.72 bits per heavy atom. The number of methoxy groups -OCH3 is 1. The first-order valence-corrected chi connectivity index (χ1v) is 8.49. The molecule has 3 rings (SSSR count). The van der Waals surface area contributed by atoms with E-state index in [0.717, 1.165) is 10.0 Å². The van der Waals surface area contributed by atoms with E-state index in [1.54, 1.807) is 13.0 Å². The number of amides is 1. The molecular formula is C20H16BrNO3. The fourth-order valence-corrected chi connectivity index (χ4v) is 3.21. The van der Waals surface area contributed by atoms with Crippen molar-refractivity contribution in [2.24, 2.45) is 0 Å². The summed E-state index contributed by atoms with van der Waals surface area (Å²) in [7, 11) is 1.31. The Kier molecular flexibility index (Phi) is 4.86. The molecule has 0 aliphatic carbocycles. The van der Waals surface area contributed by atoms with E-state index in [-0.39, 0.29) is 11.5 Å². The maximum Gasteiger partial charge on any atom is 0.340 e. The number of carbonyl (C=O) groups excluding carboxylic acids is 2. The van der Waals surface area contributed by atoms with Crippen LogP contribution in [0.5, 0.6) is 0 Å². The quantitative estimate of drug-likeness (QED) is 0.571. The van der Waals surface area contributed by atoms with Crippen LogP contribution in [0.2, 0.25) is 0 Å². The van der Waals surface area contributed by atoms with Gasteiger partial charge in [0.1, 0.15) is 0 Å². The third-order valence-electron chi connectivity index (χ3n) is 4.01. The minimum absolute atomic E-state index is 0.250. The fraction of sp³-hybridized carbons (Fsp3) is 0.100. The van der Waals surface area contributed by atoms with Gasteiger partial charge in [-0.2, -0.15) is 0 Å². The van der Waals surface area contributed by atoms with Crippen LogP contribution < -0.4 is 4.90 Å². The predicted octanol–water partition coefficient (Wildman–Crippen LogP) is 4.33. The molecule has 1 heterocycles. The van der Waals surface area contributed by atoms with Crippen molar-refractivity contribution in [2.45, 2.75) is 6.92 Å². The number of allylic oxidation sites excluding steroid dienone is 1. The Morgan fingerprint density at radius 3 is 2.36 bits per heavy atom. The Bertz CT molecular complexity index is 900. The first kappa shape index (κ1) is 17.2.